The van der Waals surface area contributed by atoms with Crippen LogP contribution in [0, 0.1) is 0 Å². The number of fused-ring (bicyclic) bond motifs is 1. The zero-order valence-electron chi connectivity index (χ0n) is 12.4. The largest absolute Gasteiger partial charge is 0.481 e. The summed E-state index contributed by atoms with van der Waals surface area (Å²) in [5.74, 6) is -1.41. The molecule has 2 aromatic rings. The van der Waals surface area contributed by atoms with Gasteiger partial charge in [-0.2, -0.15) is 0 Å². The van der Waals surface area contributed by atoms with Gasteiger partial charge in [0, 0.05) is 6.61 Å². The Morgan fingerprint density at radius 1 is 1.39 bits per heavy atom. The number of carboxylic acid groups (broad SMARTS) is 1. The number of nitrogens with zero attached hydrogens (tertiary/aromatic N) is 1. The van der Waals surface area contributed by atoms with Gasteiger partial charge in [0.2, 0.25) is 5.91 Å². The van der Waals surface area contributed by atoms with Gasteiger partial charge in [0.05, 0.1) is 29.6 Å². The van der Waals surface area contributed by atoms with Gasteiger partial charge in [0.15, 0.2) is 0 Å². The van der Waals surface area contributed by atoms with Crippen LogP contribution < -0.4 is 11.0 Å². The van der Waals surface area contributed by atoms with Crippen LogP contribution in [0.4, 0.5) is 0 Å². The molecule has 8 nitrogen and oxygen atoms in total. The first-order valence-corrected chi connectivity index (χ1v) is 7.27. The number of aromatic nitrogens is 2. The minimum atomic E-state index is -1.000. The molecule has 1 fully saturated rings. The number of amides is 1. The van der Waals surface area contributed by atoms with Crippen molar-refractivity contribution >= 4 is 22.9 Å². The third-order valence-corrected chi connectivity index (χ3v) is 3.98. The van der Waals surface area contributed by atoms with E-state index in [9.17, 15) is 14.4 Å². The molecule has 1 aromatic carbocycles. The molecule has 2 heterocycles. The lowest BCUT2D eigenvalue weighted by atomic mass is 9.94. The quantitative estimate of drug-likeness (QED) is 0.722. The lowest BCUT2D eigenvalue weighted by molar-refractivity contribution is -0.139. The standard InChI is InChI=1S/C15H17N3O5/c19-12(17-15(7-13(20)21)5-6-23-9-15)8-18-11-4-2-1-3-10(11)16-14(18)22/h1-4H,5-9H2,(H,16,22)(H,17,19)(H,20,21). The molecule has 3 N–H and O–H groups in total. The number of nitrogens with one attached hydrogen (secondary N) is 2. The summed E-state index contributed by atoms with van der Waals surface area (Å²) in [4.78, 5) is 38.0. The van der Waals surface area contributed by atoms with Gasteiger partial charge >= 0.3 is 11.7 Å². The van der Waals surface area contributed by atoms with Gasteiger partial charge in [0.25, 0.3) is 0 Å². The number of aliphatic carboxylic acids is 1. The summed E-state index contributed by atoms with van der Waals surface area (Å²) in [5.41, 5.74) is -0.00722. The topological polar surface area (TPSA) is 113 Å². The van der Waals surface area contributed by atoms with Crippen LogP contribution in [-0.4, -0.2) is 45.3 Å². The molecule has 122 valence electrons. The number of H-pyrrole nitrogens is 1. The molecular weight excluding hydrogens is 302 g/mol. The Balaban J connectivity index is 1.79. The predicted octanol–water partition coefficient (Wildman–Crippen LogP) is 0.0796. The van der Waals surface area contributed by atoms with Gasteiger partial charge in [-0.05, 0) is 18.6 Å². The van der Waals surface area contributed by atoms with Crippen molar-refractivity contribution < 1.29 is 19.4 Å². The molecule has 0 radical (unpaired) electrons. The molecular formula is C15H17N3O5. The van der Waals surface area contributed by atoms with Crippen LogP contribution in [0.3, 0.4) is 0 Å². The first-order valence-electron chi connectivity index (χ1n) is 7.27. The summed E-state index contributed by atoms with van der Waals surface area (Å²) in [7, 11) is 0. The third kappa shape index (κ3) is 3.11. The molecule has 1 aromatic heterocycles. The fourth-order valence-corrected chi connectivity index (χ4v) is 2.92. The van der Waals surface area contributed by atoms with E-state index in [1.807, 2.05) is 0 Å². The van der Waals surface area contributed by atoms with E-state index in [0.717, 1.165) is 0 Å². The highest BCUT2D eigenvalue weighted by Gasteiger charge is 2.38. The van der Waals surface area contributed by atoms with Gasteiger partial charge in [-0.1, -0.05) is 12.1 Å². The number of hydrogen-bond acceptors (Lipinski definition) is 4. The van der Waals surface area contributed by atoms with Gasteiger partial charge in [-0.3, -0.25) is 14.2 Å². The van der Waals surface area contributed by atoms with Gasteiger partial charge < -0.3 is 20.1 Å². The number of hydrogen-bond donors (Lipinski definition) is 3. The van der Waals surface area contributed by atoms with Crippen LogP contribution in [0.1, 0.15) is 12.8 Å². The number of ether oxygens (including phenoxy) is 1. The highest BCUT2D eigenvalue weighted by atomic mass is 16.5. The molecule has 8 heteroatoms. The molecule has 0 saturated carbocycles. The second kappa shape index (κ2) is 5.88. The number of benzene rings is 1. The predicted molar refractivity (Wildman–Crippen MR) is 81.1 cm³/mol. The highest BCUT2D eigenvalue weighted by Crippen LogP contribution is 2.22. The van der Waals surface area contributed by atoms with E-state index in [1.165, 1.54) is 4.57 Å². The smallest absolute Gasteiger partial charge is 0.326 e. The van der Waals surface area contributed by atoms with Crippen molar-refractivity contribution in [1.82, 2.24) is 14.9 Å². The van der Waals surface area contributed by atoms with Crippen LogP contribution in [0.15, 0.2) is 29.1 Å². The minimum Gasteiger partial charge on any atom is -0.481 e. The zero-order valence-corrected chi connectivity index (χ0v) is 12.4. The fraction of sp³-hybridized carbons (Fsp3) is 0.400. The molecule has 0 spiro atoms. The van der Waals surface area contributed by atoms with E-state index in [-0.39, 0.29) is 25.3 Å². The maximum Gasteiger partial charge on any atom is 0.326 e. The Morgan fingerprint density at radius 2 is 2.17 bits per heavy atom. The van der Waals surface area contributed by atoms with Crippen molar-refractivity contribution in [2.45, 2.75) is 24.9 Å². The van der Waals surface area contributed by atoms with Crippen LogP contribution in [0.5, 0.6) is 0 Å². The molecule has 1 amide bonds. The molecule has 1 atom stereocenters. The van der Waals surface area contributed by atoms with Crippen molar-refractivity contribution in [3.8, 4) is 0 Å². The number of carboxylic acids is 1. The Labute approximate surface area is 131 Å². The van der Waals surface area contributed by atoms with Gasteiger partial charge in [-0.25, -0.2) is 4.79 Å². The zero-order chi connectivity index (χ0) is 16.4. The lowest BCUT2D eigenvalue weighted by Crippen LogP contribution is -2.51. The molecule has 1 aliphatic heterocycles. The molecule has 23 heavy (non-hydrogen) atoms. The average molecular weight is 319 g/mol. The van der Waals surface area contributed by atoms with Crippen molar-refractivity contribution in [3.05, 3.63) is 34.7 Å². The van der Waals surface area contributed by atoms with Crippen molar-refractivity contribution in [2.75, 3.05) is 13.2 Å². The van der Waals surface area contributed by atoms with Crippen molar-refractivity contribution in [1.29, 1.82) is 0 Å². The first kappa shape index (κ1) is 15.3. The highest BCUT2D eigenvalue weighted by molar-refractivity contribution is 5.81. The molecule has 1 saturated heterocycles. The normalized spacial score (nSPS) is 20.7. The number of carbonyl (C=O) groups is 2. The molecule has 3 rings (SSSR count). The third-order valence-electron chi connectivity index (χ3n) is 3.98. The van der Waals surface area contributed by atoms with E-state index < -0.39 is 17.4 Å². The van der Waals surface area contributed by atoms with Gasteiger partial charge in [0.1, 0.15) is 6.54 Å². The summed E-state index contributed by atoms with van der Waals surface area (Å²) >= 11 is 0. The molecule has 1 aliphatic rings. The Kier molecular flexibility index (Phi) is 3.91. The average Bonchev–Trinajstić information content (AvgIpc) is 3.04. The SMILES string of the molecule is O=C(O)CC1(NC(=O)Cn2c(=O)[nH]c3ccccc32)CCOC1. The molecule has 0 bridgehead atoms. The first-order chi connectivity index (χ1) is 11.0. The maximum absolute atomic E-state index is 12.3. The van der Waals surface area contributed by atoms with E-state index in [0.29, 0.717) is 24.1 Å². The Morgan fingerprint density at radius 3 is 2.87 bits per heavy atom. The van der Waals surface area contributed by atoms with Crippen molar-refractivity contribution in [3.63, 3.8) is 0 Å². The lowest BCUT2D eigenvalue weighted by Gasteiger charge is -2.27. The van der Waals surface area contributed by atoms with E-state index in [1.54, 1.807) is 24.3 Å². The second-order valence-corrected chi connectivity index (χ2v) is 5.74. The van der Waals surface area contributed by atoms with Gasteiger partial charge in [-0.15, -0.1) is 0 Å². The fourth-order valence-electron chi connectivity index (χ4n) is 2.92. The number of rotatable bonds is 5. The number of carbonyl (C=O) groups excluding carboxylic acids is 1. The van der Waals surface area contributed by atoms with Crippen LogP contribution >= 0.6 is 0 Å². The molecule has 1 unspecified atom stereocenters. The Hall–Kier alpha value is -2.61. The number of para-hydroxylation sites is 2. The summed E-state index contributed by atoms with van der Waals surface area (Å²) in [6.45, 7) is 0.388. The van der Waals surface area contributed by atoms with Crippen LogP contribution in [-0.2, 0) is 20.9 Å². The Bertz CT molecular complexity index is 801. The summed E-state index contributed by atoms with van der Waals surface area (Å²) in [6.07, 6.45) is 0.231. The van der Waals surface area contributed by atoms with Crippen LogP contribution in [0.2, 0.25) is 0 Å². The molecule has 0 aliphatic carbocycles. The summed E-state index contributed by atoms with van der Waals surface area (Å²) in [5, 5.41) is 11.8. The van der Waals surface area contributed by atoms with Crippen LogP contribution in [0.25, 0.3) is 11.0 Å². The monoisotopic (exact) mass is 319 g/mol. The number of aromatic amines is 1. The second-order valence-electron chi connectivity index (χ2n) is 5.74. The van der Waals surface area contributed by atoms with E-state index >= 15 is 0 Å². The maximum atomic E-state index is 12.3. The summed E-state index contributed by atoms with van der Waals surface area (Å²) < 4.78 is 6.57. The number of imidazole rings is 1. The van der Waals surface area contributed by atoms with E-state index in [4.69, 9.17) is 9.84 Å². The summed E-state index contributed by atoms with van der Waals surface area (Å²) in [6, 6.07) is 7.06. The van der Waals surface area contributed by atoms with Crippen molar-refractivity contribution in [2.24, 2.45) is 0 Å². The minimum absolute atomic E-state index is 0.161. The van der Waals surface area contributed by atoms with E-state index in [2.05, 4.69) is 10.3 Å².